The average Bonchev–Trinajstić information content (AvgIpc) is 2.66. The maximum Gasteiger partial charge on any atom is 0.304 e. The fourth-order valence-corrected chi connectivity index (χ4v) is 2.97. The number of thioether (sulfide) groups is 1. The Morgan fingerprint density at radius 2 is 2.00 bits per heavy atom. The van der Waals surface area contributed by atoms with Crippen LogP contribution in [0.3, 0.4) is 0 Å². The fourth-order valence-electron chi connectivity index (χ4n) is 1.88. The van der Waals surface area contributed by atoms with Gasteiger partial charge in [-0.05, 0) is 24.3 Å². The minimum absolute atomic E-state index is 0.0422. The number of amides is 2. The maximum atomic E-state index is 12.8. The minimum Gasteiger partial charge on any atom is -0.481 e. The van der Waals surface area contributed by atoms with E-state index in [1.807, 2.05) is 0 Å². The normalized spacial score (nSPS) is 18.6. The van der Waals surface area contributed by atoms with Gasteiger partial charge in [-0.15, -0.1) is 11.8 Å². The summed E-state index contributed by atoms with van der Waals surface area (Å²) in [5, 5.41) is 7.99. The molecular weight excluding hydrogens is 285 g/mol. The van der Waals surface area contributed by atoms with Gasteiger partial charge in [-0.25, -0.2) is 9.29 Å². The molecule has 1 N–H and O–H groups in total. The summed E-state index contributed by atoms with van der Waals surface area (Å²) in [6.45, 7) is 0. The molecule has 5 nitrogen and oxygen atoms in total. The van der Waals surface area contributed by atoms with Gasteiger partial charge in [-0.1, -0.05) is 0 Å². The van der Waals surface area contributed by atoms with Gasteiger partial charge in [0.1, 0.15) is 5.82 Å². The van der Waals surface area contributed by atoms with Crippen molar-refractivity contribution in [3.63, 3.8) is 0 Å². The van der Waals surface area contributed by atoms with Gasteiger partial charge in [0.05, 0.1) is 17.4 Å². The first-order valence-electron chi connectivity index (χ1n) is 5.95. The molecule has 1 aromatic rings. The van der Waals surface area contributed by atoms with Gasteiger partial charge in [-0.2, -0.15) is 0 Å². The van der Waals surface area contributed by atoms with Gasteiger partial charge < -0.3 is 5.11 Å². The summed E-state index contributed by atoms with van der Waals surface area (Å²) < 4.78 is 12.8. The van der Waals surface area contributed by atoms with E-state index in [4.69, 9.17) is 5.11 Å². The highest BCUT2D eigenvalue weighted by Crippen LogP contribution is 2.29. The number of carbonyl (C=O) groups excluding carboxylic acids is 2. The Morgan fingerprint density at radius 3 is 2.60 bits per heavy atom. The van der Waals surface area contributed by atoms with Crippen LogP contribution in [0.4, 0.5) is 10.1 Å². The van der Waals surface area contributed by atoms with Crippen LogP contribution in [-0.2, 0) is 14.4 Å². The lowest BCUT2D eigenvalue weighted by Crippen LogP contribution is -2.31. The van der Waals surface area contributed by atoms with E-state index in [9.17, 15) is 18.8 Å². The van der Waals surface area contributed by atoms with Crippen LogP contribution in [0.2, 0.25) is 0 Å². The van der Waals surface area contributed by atoms with Gasteiger partial charge in [0.25, 0.3) is 0 Å². The van der Waals surface area contributed by atoms with Crippen molar-refractivity contribution in [2.45, 2.75) is 18.1 Å². The van der Waals surface area contributed by atoms with Crippen LogP contribution in [0.5, 0.6) is 0 Å². The number of hydrogen-bond acceptors (Lipinski definition) is 4. The number of anilines is 1. The second-order valence-corrected chi connectivity index (χ2v) is 5.56. The van der Waals surface area contributed by atoms with E-state index < -0.39 is 17.0 Å². The first-order chi connectivity index (χ1) is 9.49. The third kappa shape index (κ3) is 3.16. The molecular formula is C13H12FNO4S. The van der Waals surface area contributed by atoms with E-state index in [-0.39, 0.29) is 30.4 Å². The number of nitrogens with zero attached hydrogens (tertiary/aromatic N) is 1. The zero-order valence-electron chi connectivity index (χ0n) is 10.4. The molecule has 0 aromatic heterocycles. The highest BCUT2D eigenvalue weighted by atomic mass is 32.2. The van der Waals surface area contributed by atoms with Crippen LogP contribution in [0.15, 0.2) is 24.3 Å². The van der Waals surface area contributed by atoms with Crippen LogP contribution in [0.25, 0.3) is 0 Å². The van der Waals surface area contributed by atoms with Crippen molar-refractivity contribution in [3.8, 4) is 0 Å². The molecule has 0 radical (unpaired) electrons. The predicted octanol–water partition coefficient (Wildman–Crippen LogP) is 1.67. The molecule has 1 aliphatic heterocycles. The monoisotopic (exact) mass is 297 g/mol. The molecule has 1 fully saturated rings. The first-order valence-corrected chi connectivity index (χ1v) is 6.99. The third-order valence-electron chi connectivity index (χ3n) is 2.83. The van der Waals surface area contributed by atoms with Gasteiger partial charge in [0.2, 0.25) is 11.8 Å². The molecule has 2 amide bonds. The number of carboxylic acid groups (broad SMARTS) is 1. The van der Waals surface area contributed by atoms with E-state index in [1.54, 1.807) is 0 Å². The third-order valence-corrected chi connectivity index (χ3v) is 4.04. The van der Waals surface area contributed by atoms with E-state index in [0.29, 0.717) is 5.69 Å². The second-order valence-electron chi connectivity index (χ2n) is 4.25. The second kappa shape index (κ2) is 6.04. The van der Waals surface area contributed by atoms with Gasteiger partial charge >= 0.3 is 5.97 Å². The number of carbonyl (C=O) groups is 3. The maximum absolute atomic E-state index is 12.8. The summed E-state index contributed by atoms with van der Waals surface area (Å²) in [5.74, 6) is -1.84. The molecule has 106 valence electrons. The van der Waals surface area contributed by atoms with Crippen molar-refractivity contribution >= 4 is 35.2 Å². The summed E-state index contributed by atoms with van der Waals surface area (Å²) in [5.41, 5.74) is 0.336. The molecule has 0 bridgehead atoms. The van der Waals surface area contributed by atoms with Gasteiger partial charge in [0, 0.05) is 12.2 Å². The number of rotatable bonds is 5. The Bertz CT molecular complexity index is 546. The van der Waals surface area contributed by atoms with Crippen molar-refractivity contribution in [3.05, 3.63) is 30.1 Å². The largest absolute Gasteiger partial charge is 0.481 e. The zero-order chi connectivity index (χ0) is 14.7. The summed E-state index contributed by atoms with van der Waals surface area (Å²) in [4.78, 5) is 35.4. The van der Waals surface area contributed by atoms with Crippen LogP contribution in [-0.4, -0.2) is 33.9 Å². The Hall–Kier alpha value is -1.89. The Labute approximate surface area is 118 Å². The van der Waals surface area contributed by atoms with E-state index >= 15 is 0 Å². The molecule has 0 unspecified atom stereocenters. The SMILES string of the molecule is O=C(O)CCS[C@H]1CC(=O)N(c2ccc(F)cc2)C1=O. The minimum atomic E-state index is -0.940. The summed E-state index contributed by atoms with van der Waals surface area (Å²) >= 11 is 1.16. The van der Waals surface area contributed by atoms with E-state index in [1.165, 1.54) is 24.3 Å². The lowest BCUT2D eigenvalue weighted by molar-refractivity contribution is -0.136. The molecule has 2 rings (SSSR count). The molecule has 1 atom stereocenters. The molecule has 0 saturated carbocycles. The van der Waals surface area contributed by atoms with Gasteiger partial charge in [-0.3, -0.25) is 14.4 Å². The Kier molecular flexibility index (Phi) is 4.39. The van der Waals surface area contributed by atoms with E-state index in [0.717, 1.165) is 16.7 Å². The molecule has 20 heavy (non-hydrogen) atoms. The standard InChI is InChI=1S/C13H12FNO4S/c14-8-1-3-9(4-2-8)15-11(16)7-10(13(15)19)20-6-5-12(17)18/h1-4,10H,5-7H2,(H,17,18)/t10-/m0/s1. The predicted molar refractivity (Wildman–Crippen MR) is 72.0 cm³/mol. The van der Waals surface area contributed by atoms with Crippen LogP contribution in [0.1, 0.15) is 12.8 Å². The van der Waals surface area contributed by atoms with Crippen molar-refractivity contribution in [1.82, 2.24) is 0 Å². The van der Waals surface area contributed by atoms with E-state index in [2.05, 4.69) is 0 Å². The highest BCUT2D eigenvalue weighted by Gasteiger charge is 2.39. The van der Waals surface area contributed by atoms with Crippen LogP contribution in [0, 0.1) is 5.82 Å². The Balaban J connectivity index is 2.05. The average molecular weight is 297 g/mol. The van der Waals surface area contributed by atoms with Crippen molar-refractivity contribution in [2.24, 2.45) is 0 Å². The van der Waals surface area contributed by atoms with Crippen molar-refractivity contribution < 1.29 is 23.9 Å². The number of carboxylic acids is 1. The van der Waals surface area contributed by atoms with Gasteiger partial charge in [0.15, 0.2) is 0 Å². The molecule has 7 heteroatoms. The Morgan fingerprint density at radius 1 is 1.35 bits per heavy atom. The first kappa shape index (κ1) is 14.5. The quantitative estimate of drug-likeness (QED) is 0.837. The zero-order valence-corrected chi connectivity index (χ0v) is 11.2. The lowest BCUT2D eigenvalue weighted by atomic mass is 10.3. The smallest absolute Gasteiger partial charge is 0.304 e. The van der Waals surface area contributed by atoms with Crippen LogP contribution >= 0.6 is 11.8 Å². The molecule has 1 aliphatic rings. The molecule has 1 heterocycles. The number of hydrogen-bond donors (Lipinski definition) is 1. The molecule has 1 aromatic carbocycles. The number of benzene rings is 1. The fraction of sp³-hybridized carbons (Fsp3) is 0.308. The summed E-state index contributed by atoms with van der Waals surface area (Å²) in [6, 6.07) is 5.10. The summed E-state index contributed by atoms with van der Waals surface area (Å²) in [6.07, 6.45) is -0.0142. The number of imide groups is 1. The number of halogens is 1. The van der Waals surface area contributed by atoms with Crippen LogP contribution < -0.4 is 4.90 Å². The molecule has 1 saturated heterocycles. The van der Waals surface area contributed by atoms with Crippen molar-refractivity contribution in [1.29, 1.82) is 0 Å². The topological polar surface area (TPSA) is 74.7 Å². The molecule has 0 aliphatic carbocycles. The molecule has 0 spiro atoms. The highest BCUT2D eigenvalue weighted by molar-refractivity contribution is 8.00. The van der Waals surface area contributed by atoms with Crippen molar-refractivity contribution in [2.75, 3.05) is 10.7 Å². The summed E-state index contributed by atoms with van der Waals surface area (Å²) in [7, 11) is 0. The number of aliphatic carboxylic acids is 1. The lowest BCUT2D eigenvalue weighted by Gasteiger charge is -2.14.